The van der Waals surface area contributed by atoms with Gasteiger partial charge in [-0.05, 0) is 5.56 Å². The first-order chi connectivity index (χ1) is 11.8. The van der Waals surface area contributed by atoms with Gasteiger partial charge < -0.3 is 14.2 Å². The van der Waals surface area contributed by atoms with Crippen LogP contribution < -0.4 is 0 Å². The number of hydrogen-bond donors (Lipinski definition) is 0. The van der Waals surface area contributed by atoms with Gasteiger partial charge in [0.05, 0.1) is 14.2 Å². The van der Waals surface area contributed by atoms with Crippen LogP contribution in [-0.4, -0.2) is 38.1 Å². The standard InChI is InChI=1S/C10H10O7.C8H8/c1-5(7(11)15-3)9(13)17-10(14)6(2)8(12)16-4;1-2-8-6-4-3-5-7-8/h1-2H2,3-4H3;2-7H,1H2. The minimum Gasteiger partial charge on any atom is -0.465 e. The summed E-state index contributed by atoms with van der Waals surface area (Å²) in [5, 5.41) is 0. The summed E-state index contributed by atoms with van der Waals surface area (Å²) >= 11 is 0. The van der Waals surface area contributed by atoms with Crippen LogP contribution in [0, 0.1) is 0 Å². The van der Waals surface area contributed by atoms with E-state index in [1.54, 1.807) is 0 Å². The van der Waals surface area contributed by atoms with E-state index < -0.39 is 35.0 Å². The molecule has 0 amide bonds. The lowest BCUT2D eigenvalue weighted by molar-refractivity contribution is -0.156. The number of carbonyl (C=O) groups excluding carboxylic acids is 4. The molecule has 0 unspecified atom stereocenters. The van der Waals surface area contributed by atoms with E-state index >= 15 is 0 Å². The van der Waals surface area contributed by atoms with E-state index in [0.29, 0.717) is 0 Å². The van der Waals surface area contributed by atoms with Crippen LogP contribution in [0.4, 0.5) is 0 Å². The first-order valence-electron chi connectivity index (χ1n) is 6.76. The summed E-state index contributed by atoms with van der Waals surface area (Å²) in [6, 6.07) is 10.0. The third-order valence-electron chi connectivity index (χ3n) is 2.58. The van der Waals surface area contributed by atoms with E-state index in [2.05, 4.69) is 33.9 Å². The maximum atomic E-state index is 11.1. The molecule has 0 heterocycles. The maximum absolute atomic E-state index is 11.1. The van der Waals surface area contributed by atoms with Crippen LogP contribution >= 0.6 is 0 Å². The third-order valence-corrected chi connectivity index (χ3v) is 2.58. The molecule has 0 saturated heterocycles. The Morgan fingerprint density at radius 2 is 1.20 bits per heavy atom. The Morgan fingerprint density at radius 3 is 1.48 bits per heavy atom. The highest BCUT2D eigenvalue weighted by Gasteiger charge is 2.25. The Kier molecular flexibility index (Phi) is 9.57. The molecule has 0 radical (unpaired) electrons. The van der Waals surface area contributed by atoms with Gasteiger partial charge in [0, 0.05) is 0 Å². The average Bonchev–Trinajstić information content (AvgIpc) is 2.66. The predicted molar refractivity (Wildman–Crippen MR) is 89.9 cm³/mol. The van der Waals surface area contributed by atoms with Gasteiger partial charge in [-0.1, -0.05) is 56.1 Å². The molecular formula is C18H18O7. The minimum absolute atomic E-state index is 0.682. The fourth-order valence-electron chi connectivity index (χ4n) is 1.21. The van der Waals surface area contributed by atoms with Crippen molar-refractivity contribution in [2.75, 3.05) is 14.2 Å². The molecule has 132 valence electrons. The van der Waals surface area contributed by atoms with Crippen molar-refractivity contribution in [1.29, 1.82) is 0 Å². The summed E-state index contributed by atoms with van der Waals surface area (Å²) in [6.07, 6.45) is 1.83. The van der Waals surface area contributed by atoms with Crippen LogP contribution in [0.2, 0.25) is 0 Å². The Bertz CT molecular complexity index is 649. The number of rotatable bonds is 5. The largest absolute Gasteiger partial charge is 0.465 e. The molecule has 7 heteroatoms. The predicted octanol–water partition coefficient (Wildman–Crippen LogP) is 1.84. The van der Waals surface area contributed by atoms with Crippen LogP contribution in [0.1, 0.15) is 5.56 Å². The van der Waals surface area contributed by atoms with Crippen molar-refractivity contribution in [1.82, 2.24) is 0 Å². The van der Waals surface area contributed by atoms with Crippen molar-refractivity contribution in [2.45, 2.75) is 0 Å². The van der Waals surface area contributed by atoms with Crippen molar-refractivity contribution in [3.05, 3.63) is 66.8 Å². The van der Waals surface area contributed by atoms with Crippen molar-refractivity contribution >= 4 is 30.0 Å². The molecule has 0 atom stereocenters. The average molecular weight is 346 g/mol. The SMILES string of the molecule is C=C(C(=O)OC)C(=O)OC(=O)C(=C)C(=O)OC.C=Cc1ccccc1. The van der Waals surface area contributed by atoms with Gasteiger partial charge in [0.25, 0.3) is 0 Å². The highest BCUT2D eigenvalue weighted by molar-refractivity contribution is 6.20. The van der Waals surface area contributed by atoms with Crippen molar-refractivity contribution in [3.63, 3.8) is 0 Å². The zero-order chi connectivity index (χ0) is 19.4. The van der Waals surface area contributed by atoms with E-state index in [4.69, 9.17) is 0 Å². The molecule has 0 aliphatic heterocycles. The van der Waals surface area contributed by atoms with Crippen molar-refractivity contribution in [3.8, 4) is 0 Å². The Labute approximate surface area is 145 Å². The quantitative estimate of drug-likeness (QED) is 0.264. The van der Waals surface area contributed by atoms with Crippen molar-refractivity contribution < 1.29 is 33.4 Å². The minimum atomic E-state index is -1.33. The fourth-order valence-corrected chi connectivity index (χ4v) is 1.21. The van der Waals surface area contributed by atoms with Gasteiger partial charge in [-0.2, -0.15) is 0 Å². The number of methoxy groups -OCH3 is 2. The molecule has 0 fully saturated rings. The first kappa shape index (κ1) is 21.5. The second-order valence-electron chi connectivity index (χ2n) is 4.23. The number of carbonyl (C=O) groups is 4. The molecule has 7 nitrogen and oxygen atoms in total. The molecule has 25 heavy (non-hydrogen) atoms. The Hall–Kier alpha value is -3.48. The first-order valence-corrected chi connectivity index (χ1v) is 6.76. The van der Waals surface area contributed by atoms with Gasteiger partial charge in [-0.15, -0.1) is 0 Å². The van der Waals surface area contributed by atoms with Crippen LogP contribution in [0.25, 0.3) is 6.08 Å². The summed E-state index contributed by atoms with van der Waals surface area (Å²) in [5.74, 6) is -4.75. The monoisotopic (exact) mass is 346 g/mol. The fraction of sp³-hybridized carbons (Fsp3) is 0.111. The van der Waals surface area contributed by atoms with E-state index in [1.807, 2.05) is 36.4 Å². The second kappa shape index (κ2) is 11.1. The number of hydrogen-bond acceptors (Lipinski definition) is 7. The van der Waals surface area contributed by atoms with Gasteiger partial charge in [0.15, 0.2) is 0 Å². The zero-order valence-corrected chi connectivity index (χ0v) is 13.9. The van der Waals surface area contributed by atoms with Gasteiger partial charge >= 0.3 is 23.9 Å². The summed E-state index contributed by atoms with van der Waals surface area (Å²) in [5.41, 5.74) is -0.190. The van der Waals surface area contributed by atoms with Crippen LogP contribution in [0.3, 0.4) is 0 Å². The molecule has 0 aliphatic carbocycles. The van der Waals surface area contributed by atoms with E-state index in [9.17, 15) is 19.2 Å². The van der Waals surface area contributed by atoms with Gasteiger partial charge in [0.1, 0.15) is 11.1 Å². The Balaban J connectivity index is 0.000000593. The van der Waals surface area contributed by atoms with E-state index in [1.165, 1.54) is 5.56 Å². The molecule has 0 saturated carbocycles. The highest BCUT2D eigenvalue weighted by Crippen LogP contribution is 2.03. The van der Waals surface area contributed by atoms with E-state index in [0.717, 1.165) is 14.2 Å². The third kappa shape index (κ3) is 7.56. The molecule has 0 N–H and O–H groups in total. The lowest BCUT2D eigenvalue weighted by atomic mass is 10.2. The lowest BCUT2D eigenvalue weighted by Gasteiger charge is -2.04. The Morgan fingerprint density at radius 1 is 0.800 bits per heavy atom. The summed E-state index contributed by atoms with van der Waals surface area (Å²) in [4.78, 5) is 44.0. The van der Waals surface area contributed by atoms with Gasteiger partial charge in [-0.3, -0.25) is 0 Å². The molecular weight excluding hydrogens is 328 g/mol. The second-order valence-corrected chi connectivity index (χ2v) is 4.23. The summed E-state index contributed by atoms with van der Waals surface area (Å²) in [7, 11) is 2.05. The molecule has 0 bridgehead atoms. The number of ether oxygens (including phenoxy) is 3. The molecule has 0 spiro atoms. The summed E-state index contributed by atoms with van der Waals surface area (Å²) in [6.45, 7) is 9.74. The molecule has 1 aromatic rings. The van der Waals surface area contributed by atoms with Crippen LogP contribution in [0.15, 0.2) is 61.2 Å². The molecule has 0 aromatic heterocycles. The van der Waals surface area contributed by atoms with Crippen molar-refractivity contribution in [2.24, 2.45) is 0 Å². The normalized spacial score (nSPS) is 8.72. The zero-order valence-electron chi connectivity index (χ0n) is 13.9. The lowest BCUT2D eigenvalue weighted by Crippen LogP contribution is -2.23. The van der Waals surface area contributed by atoms with Gasteiger partial charge in [-0.25, -0.2) is 19.2 Å². The maximum Gasteiger partial charge on any atom is 0.352 e. The van der Waals surface area contributed by atoms with Gasteiger partial charge in [0.2, 0.25) is 0 Å². The molecule has 1 rings (SSSR count). The number of esters is 4. The van der Waals surface area contributed by atoms with Crippen LogP contribution in [0.5, 0.6) is 0 Å². The highest BCUT2D eigenvalue weighted by atomic mass is 16.6. The number of benzene rings is 1. The molecule has 0 aliphatic rings. The van der Waals surface area contributed by atoms with Crippen LogP contribution in [-0.2, 0) is 33.4 Å². The van der Waals surface area contributed by atoms with E-state index in [-0.39, 0.29) is 0 Å². The smallest absolute Gasteiger partial charge is 0.352 e. The molecule has 1 aromatic carbocycles. The topological polar surface area (TPSA) is 96.0 Å². The summed E-state index contributed by atoms with van der Waals surface area (Å²) < 4.78 is 12.5.